The molecule has 2 aromatic rings. The van der Waals surface area contributed by atoms with Gasteiger partial charge in [0.05, 0.1) is 19.8 Å². The Kier molecular flexibility index (Phi) is 6.58. The fourth-order valence-electron chi connectivity index (χ4n) is 4.38. The summed E-state index contributed by atoms with van der Waals surface area (Å²) in [4.78, 5) is 17.5. The van der Waals surface area contributed by atoms with Crippen molar-refractivity contribution in [3.8, 4) is 11.5 Å². The molecule has 30 heavy (non-hydrogen) atoms. The van der Waals surface area contributed by atoms with Crippen LogP contribution in [0.4, 0.5) is 0 Å². The highest BCUT2D eigenvalue weighted by molar-refractivity contribution is 5.78. The fraction of sp³-hybridized carbons (Fsp3) is 0.480. The summed E-state index contributed by atoms with van der Waals surface area (Å²) in [6.07, 6.45) is 3.07. The Labute approximate surface area is 179 Å². The van der Waals surface area contributed by atoms with Crippen molar-refractivity contribution in [1.82, 2.24) is 9.80 Å². The number of carbonyl (C=O) groups is 1. The van der Waals surface area contributed by atoms with Crippen molar-refractivity contribution < 1.29 is 14.3 Å². The normalized spacial score (nSPS) is 19.0. The van der Waals surface area contributed by atoms with E-state index in [0.717, 1.165) is 37.3 Å². The average molecular weight is 409 g/mol. The molecule has 5 nitrogen and oxygen atoms in total. The van der Waals surface area contributed by atoms with Gasteiger partial charge in [-0.2, -0.15) is 0 Å². The van der Waals surface area contributed by atoms with Crippen molar-refractivity contribution in [1.29, 1.82) is 0 Å². The van der Waals surface area contributed by atoms with E-state index in [0.29, 0.717) is 26.3 Å². The van der Waals surface area contributed by atoms with E-state index in [-0.39, 0.29) is 18.0 Å². The molecule has 160 valence electrons. The minimum Gasteiger partial charge on any atom is -0.490 e. The number of ether oxygens (including phenoxy) is 2. The molecule has 0 bridgehead atoms. The lowest BCUT2D eigenvalue weighted by Crippen LogP contribution is -2.43. The maximum absolute atomic E-state index is 13.2. The molecule has 1 saturated heterocycles. The van der Waals surface area contributed by atoms with Crippen LogP contribution in [0.3, 0.4) is 0 Å². The van der Waals surface area contributed by atoms with Crippen molar-refractivity contribution >= 4 is 5.91 Å². The topological polar surface area (TPSA) is 42.0 Å². The maximum atomic E-state index is 13.2. The van der Waals surface area contributed by atoms with Crippen LogP contribution in [0.15, 0.2) is 48.5 Å². The lowest BCUT2D eigenvalue weighted by molar-refractivity contribution is -0.135. The molecule has 0 unspecified atom stereocenters. The summed E-state index contributed by atoms with van der Waals surface area (Å²) >= 11 is 0. The van der Waals surface area contributed by atoms with E-state index < -0.39 is 0 Å². The van der Waals surface area contributed by atoms with Crippen molar-refractivity contribution in [2.75, 3.05) is 26.3 Å². The summed E-state index contributed by atoms with van der Waals surface area (Å²) in [5.74, 6) is 1.84. The molecule has 2 aliphatic heterocycles. The summed E-state index contributed by atoms with van der Waals surface area (Å²) in [6.45, 7) is 7.61. The van der Waals surface area contributed by atoms with Crippen LogP contribution in [0.1, 0.15) is 50.3 Å². The third kappa shape index (κ3) is 4.78. The SMILES string of the molecule is CC(C)N(Cc1ccccc1)C(=O)CN1CCC[C@@H]1c1ccc2c(c1)OCCCO2. The molecule has 2 aromatic carbocycles. The minimum absolute atomic E-state index is 0.164. The predicted octanol–water partition coefficient (Wildman–Crippen LogP) is 4.42. The molecule has 0 spiro atoms. The van der Waals surface area contributed by atoms with E-state index in [9.17, 15) is 4.79 Å². The number of nitrogens with zero attached hydrogens (tertiary/aromatic N) is 2. The van der Waals surface area contributed by atoms with Crippen LogP contribution in [0, 0.1) is 0 Å². The standard InChI is InChI=1S/C25H32N2O3/c1-19(2)27(17-20-8-4-3-5-9-20)25(28)18-26-13-6-10-22(26)21-11-12-23-24(16-21)30-15-7-14-29-23/h3-5,8-9,11-12,16,19,22H,6-7,10,13-15,17-18H2,1-2H3/t22-/m1/s1. The zero-order valence-corrected chi connectivity index (χ0v) is 18.0. The molecule has 1 amide bonds. The zero-order valence-electron chi connectivity index (χ0n) is 18.0. The second kappa shape index (κ2) is 9.52. The van der Waals surface area contributed by atoms with Gasteiger partial charge in [0.15, 0.2) is 11.5 Å². The monoisotopic (exact) mass is 408 g/mol. The van der Waals surface area contributed by atoms with Crippen molar-refractivity contribution in [3.63, 3.8) is 0 Å². The van der Waals surface area contributed by atoms with Crippen LogP contribution in [0.5, 0.6) is 11.5 Å². The van der Waals surface area contributed by atoms with Gasteiger partial charge in [-0.3, -0.25) is 9.69 Å². The number of carbonyl (C=O) groups excluding carboxylic acids is 1. The first-order chi connectivity index (χ1) is 14.6. The first-order valence-electron chi connectivity index (χ1n) is 11.1. The molecule has 2 heterocycles. The highest BCUT2D eigenvalue weighted by atomic mass is 16.5. The summed E-state index contributed by atoms with van der Waals surface area (Å²) in [6, 6.07) is 16.9. The lowest BCUT2D eigenvalue weighted by atomic mass is 10.0. The van der Waals surface area contributed by atoms with Crippen molar-refractivity contribution in [2.24, 2.45) is 0 Å². The molecule has 2 aliphatic rings. The van der Waals surface area contributed by atoms with Crippen molar-refractivity contribution in [3.05, 3.63) is 59.7 Å². The van der Waals surface area contributed by atoms with Gasteiger partial charge in [0, 0.05) is 25.0 Å². The third-order valence-corrected chi connectivity index (χ3v) is 6.00. The molecule has 0 saturated carbocycles. The largest absolute Gasteiger partial charge is 0.490 e. The second-order valence-electron chi connectivity index (χ2n) is 8.49. The zero-order chi connectivity index (χ0) is 20.9. The Bertz CT molecular complexity index is 853. The molecule has 0 aliphatic carbocycles. The fourth-order valence-corrected chi connectivity index (χ4v) is 4.38. The number of amides is 1. The molecule has 5 heteroatoms. The second-order valence-corrected chi connectivity index (χ2v) is 8.49. The van der Waals surface area contributed by atoms with Crippen LogP contribution in [-0.4, -0.2) is 48.1 Å². The highest BCUT2D eigenvalue weighted by Crippen LogP contribution is 2.37. The van der Waals surface area contributed by atoms with Gasteiger partial charge in [0.2, 0.25) is 5.91 Å². The first kappa shape index (κ1) is 20.7. The number of hydrogen-bond donors (Lipinski definition) is 0. The van der Waals surface area contributed by atoms with Gasteiger partial charge in [-0.15, -0.1) is 0 Å². The molecule has 4 rings (SSSR count). The Morgan fingerprint density at radius 1 is 1.07 bits per heavy atom. The number of benzene rings is 2. The van der Waals surface area contributed by atoms with E-state index in [1.165, 1.54) is 11.1 Å². The average Bonchev–Trinajstić information content (AvgIpc) is 3.07. The van der Waals surface area contributed by atoms with E-state index in [1.54, 1.807) is 0 Å². The van der Waals surface area contributed by atoms with Crippen LogP contribution in [0.25, 0.3) is 0 Å². The number of fused-ring (bicyclic) bond motifs is 1. The van der Waals surface area contributed by atoms with Gasteiger partial charge >= 0.3 is 0 Å². The van der Waals surface area contributed by atoms with Crippen LogP contribution >= 0.6 is 0 Å². The van der Waals surface area contributed by atoms with E-state index in [4.69, 9.17) is 9.47 Å². The van der Waals surface area contributed by atoms with Crippen LogP contribution in [0.2, 0.25) is 0 Å². The molecular formula is C25H32N2O3. The van der Waals surface area contributed by atoms with Gasteiger partial charge in [-0.25, -0.2) is 0 Å². The van der Waals surface area contributed by atoms with Gasteiger partial charge < -0.3 is 14.4 Å². The predicted molar refractivity (Wildman–Crippen MR) is 118 cm³/mol. The van der Waals surface area contributed by atoms with Gasteiger partial charge in [0.25, 0.3) is 0 Å². The Hall–Kier alpha value is -2.53. The molecule has 1 atom stereocenters. The maximum Gasteiger partial charge on any atom is 0.237 e. The Balaban J connectivity index is 1.46. The number of hydrogen-bond acceptors (Lipinski definition) is 4. The number of rotatable bonds is 6. The van der Waals surface area contributed by atoms with E-state index in [1.807, 2.05) is 29.2 Å². The molecular weight excluding hydrogens is 376 g/mol. The van der Waals surface area contributed by atoms with Crippen LogP contribution < -0.4 is 9.47 Å². The van der Waals surface area contributed by atoms with Crippen molar-refractivity contribution in [2.45, 2.75) is 51.7 Å². The minimum atomic E-state index is 0.164. The third-order valence-electron chi connectivity index (χ3n) is 6.00. The Morgan fingerprint density at radius 3 is 2.60 bits per heavy atom. The lowest BCUT2D eigenvalue weighted by Gasteiger charge is -2.31. The molecule has 1 fully saturated rings. The summed E-state index contributed by atoms with van der Waals surface area (Å²) < 4.78 is 11.7. The van der Waals surface area contributed by atoms with Gasteiger partial charge in [0.1, 0.15) is 0 Å². The molecule has 0 radical (unpaired) electrons. The Morgan fingerprint density at radius 2 is 1.83 bits per heavy atom. The van der Waals surface area contributed by atoms with Crippen LogP contribution in [-0.2, 0) is 11.3 Å². The van der Waals surface area contributed by atoms with Gasteiger partial charge in [-0.1, -0.05) is 36.4 Å². The number of likely N-dealkylation sites (tertiary alicyclic amines) is 1. The van der Waals surface area contributed by atoms with E-state index in [2.05, 4.69) is 43.0 Å². The summed E-state index contributed by atoms with van der Waals surface area (Å²) in [5.41, 5.74) is 2.38. The van der Waals surface area contributed by atoms with E-state index >= 15 is 0 Å². The molecule has 0 aromatic heterocycles. The summed E-state index contributed by atoms with van der Waals surface area (Å²) in [7, 11) is 0. The smallest absolute Gasteiger partial charge is 0.237 e. The van der Waals surface area contributed by atoms with Gasteiger partial charge in [-0.05, 0) is 56.5 Å². The first-order valence-corrected chi connectivity index (χ1v) is 11.1. The highest BCUT2D eigenvalue weighted by Gasteiger charge is 2.30. The summed E-state index contributed by atoms with van der Waals surface area (Å²) in [5, 5.41) is 0. The molecule has 0 N–H and O–H groups in total. The quantitative estimate of drug-likeness (QED) is 0.710.